The highest BCUT2D eigenvalue weighted by Crippen LogP contribution is 2.67. The molecule has 0 bridgehead atoms. The van der Waals surface area contributed by atoms with E-state index < -0.39 is 0 Å². The topological polar surface area (TPSA) is 77.8 Å². The minimum atomic E-state index is -0.250. The van der Waals surface area contributed by atoms with Crippen molar-refractivity contribution in [2.75, 3.05) is 27.2 Å². The molecule has 0 spiro atoms. The summed E-state index contributed by atoms with van der Waals surface area (Å²) in [5.41, 5.74) is 5.77. The zero-order valence-electron chi connectivity index (χ0n) is 48.4. The third-order valence-corrected chi connectivity index (χ3v) is 21.8. The second kappa shape index (κ2) is 28.4. The lowest BCUT2D eigenvalue weighted by Gasteiger charge is -2.55. The molecule has 5 nitrogen and oxygen atoms in total. The Balaban J connectivity index is 0.00000120. The van der Waals surface area contributed by atoms with Crippen LogP contribution < -0.4 is 0 Å². The molecule has 2 N–H and O–H groups in total. The molecule has 0 aliphatic heterocycles. The normalized spacial score (nSPS) is 37.2. The number of nitrogens with zero attached hydrogens (tertiary/aromatic N) is 1. The highest BCUT2D eigenvalue weighted by atomic mass is 16.3. The Bertz CT molecular complexity index is 1680. The van der Waals surface area contributed by atoms with E-state index in [2.05, 4.69) is 138 Å². The standard InChI is InChI=1S/C59H99N.C3H6.CH2O2.CH4O.CH2O/c1-40(2)42(5)14-16-44(7)52-21-19-50-39-48(27-34-57(50,52)10)56(9)31-24-46(25-32-56)29-36-60(13)37-30-47-26-33-58(11)49(38-47)18-20-51-54-23-22-53(59(54,12)35-28-55(51)58)45(8)17-15-43(6)41(3)4;1-3-2;2-1-3;2*1-2/h14-18,20,40-48,50,52-55H,19,21-39H2,1-13H3;3H,1H2,2H3;1H,(H,2,3);2H,1H3;1H2/b16-14+,17-15+;;;;. The number of hydrogen-bond donors (Lipinski definition) is 2. The summed E-state index contributed by atoms with van der Waals surface area (Å²) in [5, 5.41) is 13.9. The van der Waals surface area contributed by atoms with Crippen LogP contribution >= 0.6 is 0 Å². The lowest BCUT2D eigenvalue weighted by atomic mass is 9.49. The van der Waals surface area contributed by atoms with Crippen LogP contribution in [-0.2, 0) is 9.59 Å². The van der Waals surface area contributed by atoms with Crippen molar-refractivity contribution in [1.82, 2.24) is 4.90 Å². The molecule has 7 aliphatic rings. The van der Waals surface area contributed by atoms with Crippen LogP contribution in [0.25, 0.3) is 0 Å². The monoisotopic (exact) mass is 972 g/mol. The minimum absolute atomic E-state index is 0.250. The first-order chi connectivity index (χ1) is 33.2. The Labute approximate surface area is 433 Å². The van der Waals surface area contributed by atoms with E-state index in [4.69, 9.17) is 19.8 Å². The smallest absolute Gasteiger partial charge is 0.290 e. The third-order valence-electron chi connectivity index (χ3n) is 21.8. The molecule has 0 aromatic heterocycles. The summed E-state index contributed by atoms with van der Waals surface area (Å²) < 4.78 is 0. The number of carbonyl (C=O) groups is 2. The first-order valence-electron chi connectivity index (χ1n) is 29.1. The molecule has 0 radical (unpaired) electrons. The zero-order chi connectivity index (χ0) is 52.6. The predicted molar refractivity (Wildman–Crippen MR) is 302 cm³/mol. The molecule has 6 fully saturated rings. The number of aliphatic hydroxyl groups excluding tert-OH is 1. The van der Waals surface area contributed by atoms with Crippen molar-refractivity contribution >= 4 is 13.3 Å². The Kier molecular flexibility index (Phi) is 25.2. The van der Waals surface area contributed by atoms with Gasteiger partial charge in [-0.1, -0.05) is 137 Å². The molecule has 0 aromatic rings. The van der Waals surface area contributed by atoms with Gasteiger partial charge < -0.3 is 19.9 Å². The molecule has 402 valence electrons. The van der Waals surface area contributed by atoms with Crippen LogP contribution in [0.2, 0.25) is 0 Å². The molecular formula is C65H113NO4. The third kappa shape index (κ3) is 14.7. The molecule has 0 saturated heterocycles. The zero-order valence-corrected chi connectivity index (χ0v) is 48.4. The van der Waals surface area contributed by atoms with Crippen LogP contribution in [0.1, 0.15) is 206 Å². The van der Waals surface area contributed by atoms with Crippen LogP contribution in [-0.4, -0.2) is 55.6 Å². The van der Waals surface area contributed by atoms with E-state index >= 15 is 0 Å². The second-order valence-corrected chi connectivity index (χ2v) is 26.3. The number of carboxylic acid groups (broad SMARTS) is 1. The SMILES string of the molecule is C=CC.C=O.CC(C)C(C)/C=C/C(C)C1CCC2CC(C3(C)CCC(CCN(C)CCC4CCC5(C)C(=CC=C6C5CCC5(C)C6CCC5C(C)/C=C/C(C)C(C)C)C4)CC3)CCC21C.CO.O=CO. The summed E-state index contributed by atoms with van der Waals surface area (Å²) in [6, 6.07) is 0. The fraction of sp³-hybridized carbons (Fsp3) is 0.815. The molecule has 14 unspecified atom stereocenters. The van der Waals surface area contributed by atoms with Gasteiger partial charge in [-0.05, 0) is 247 Å². The fourth-order valence-corrected chi connectivity index (χ4v) is 16.2. The number of aliphatic hydroxyl groups is 1. The molecule has 6 saturated carbocycles. The van der Waals surface area contributed by atoms with Crippen LogP contribution in [0, 0.1) is 105 Å². The summed E-state index contributed by atoms with van der Waals surface area (Å²) in [6.45, 7) is 39.8. The molecule has 7 rings (SSSR count). The van der Waals surface area contributed by atoms with Gasteiger partial charge in [0.05, 0.1) is 0 Å². The van der Waals surface area contributed by atoms with E-state index in [0.29, 0.717) is 39.4 Å². The van der Waals surface area contributed by atoms with Gasteiger partial charge in [0.25, 0.3) is 6.47 Å². The molecule has 14 atom stereocenters. The van der Waals surface area contributed by atoms with E-state index in [9.17, 15) is 0 Å². The number of carbonyl (C=O) groups excluding carboxylic acids is 1. The van der Waals surface area contributed by atoms with Crippen LogP contribution in [0.5, 0.6) is 0 Å². The maximum absolute atomic E-state index is 8.36. The lowest BCUT2D eigenvalue weighted by molar-refractivity contribution is -0.122. The maximum atomic E-state index is 8.36. The molecule has 70 heavy (non-hydrogen) atoms. The fourth-order valence-electron chi connectivity index (χ4n) is 16.2. The van der Waals surface area contributed by atoms with Crippen molar-refractivity contribution in [2.45, 2.75) is 206 Å². The van der Waals surface area contributed by atoms with E-state index in [0.717, 1.165) is 72.2 Å². The first-order valence-corrected chi connectivity index (χ1v) is 29.1. The average Bonchev–Trinajstić information content (AvgIpc) is 3.89. The Hall–Kier alpha value is -2.24. The number of rotatable bonds is 15. The van der Waals surface area contributed by atoms with Gasteiger partial charge in [-0.25, -0.2) is 0 Å². The van der Waals surface area contributed by atoms with Crippen LogP contribution in [0.15, 0.2) is 60.3 Å². The van der Waals surface area contributed by atoms with E-state index in [1.54, 1.807) is 6.08 Å². The minimum Gasteiger partial charge on any atom is -0.483 e. The van der Waals surface area contributed by atoms with Crippen molar-refractivity contribution in [3.8, 4) is 0 Å². The van der Waals surface area contributed by atoms with Gasteiger partial charge in [0.15, 0.2) is 0 Å². The molecule has 5 heteroatoms. The number of allylic oxidation sites excluding steroid dienone is 9. The van der Waals surface area contributed by atoms with Gasteiger partial charge in [0.2, 0.25) is 0 Å². The largest absolute Gasteiger partial charge is 0.483 e. The van der Waals surface area contributed by atoms with Gasteiger partial charge in [-0.2, -0.15) is 0 Å². The first kappa shape index (κ1) is 62.1. The van der Waals surface area contributed by atoms with Crippen molar-refractivity contribution in [2.24, 2.45) is 105 Å². The van der Waals surface area contributed by atoms with E-state index in [1.165, 1.54) is 129 Å². The van der Waals surface area contributed by atoms with Crippen molar-refractivity contribution in [3.63, 3.8) is 0 Å². The maximum Gasteiger partial charge on any atom is 0.290 e. The summed E-state index contributed by atoms with van der Waals surface area (Å²) >= 11 is 0. The highest BCUT2D eigenvalue weighted by molar-refractivity contribution is 5.39. The van der Waals surface area contributed by atoms with Crippen molar-refractivity contribution in [3.05, 3.63) is 60.3 Å². The molecule has 7 aliphatic carbocycles. The molecule has 0 heterocycles. The van der Waals surface area contributed by atoms with Gasteiger partial charge >= 0.3 is 0 Å². The highest BCUT2D eigenvalue weighted by Gasteiger charge is 2.57. The van der Waals surface area contributed by atoms with Gasteiger partial charge in [0.1, 0.15) is 6.79 Å². The predicted octanol–water partition coefficient (Wildman–Crippen LogP) is 17.1. The Morgan fingerprint density at radius 2 is 1.13 bits per heavy atom. The quantitative estimate of drug-likeness (QED) is 0.126. The van der Waals surface area contributed by atoms with Crippen LogP contribution in [0.3, 0.4) is 0 Å². The molecule has 0 aromatic carbocycles. The summed E-state index contributed by atoms with van der Waals surface area (Å²) in [7, 11) is 3.44. The molecule has 0 amide bonds. The van der Waals surface area contributed by atoms with Crippen LogP contribution in [0.4, 0.5) is 0 Å². The van der Waals surface area contributed by atoms with Crippen molar-refractivity contribution in [1.29, 1.82) is 0 Å². The van der Waals surface area contributed by atoms with Gasteiger partial charge in [-0.3, -0.25) is 4.79 Å². The number of fused-ring (bicyclic) bond motifs is 6. The Morgan fingerprint density at radius 3 is 1.67 bits per heavy atom. The summed E-state index contributed by atoms with van der Waals surface area (Å²) in [6.07, 6.45) is 43.6. The number of hydrogen-bond acceptors (Lipinski definition) is 4. The Morgan fingerprint density at radius 1 is 0.643 bits per heavy atom. The van der Waals surface area contributed by atoms with Gasteiger partial charge in [0, 0.05) is 7.11 Å². The molecular weight excluding hydrogens is 859 g/mol. The average molecular weight is 973 g/mol. The summed E-state index contributed by atoms with van der Waals surface area (Å²) in [5.74, 6) is 11.4. The van der Waals surface area contributed by atoms with Crippen molar-refractivity contribution < 1.29 is 19.8 Å². The van der Waals surface area contributed by atoms with E-state index in [1.807, 2.05) is 24.9 Å². The van der Waals surface area contributed by atoms with E-state index in [-0.39, 0.29) is 6.47 Å². The van der Waals surface area contributed by atoms with Gasteiger partial charge in [-0.15, -0.1) is 6.58 Å². The summed E-state index contributed by atoms with van der Waals surface area (Å²) in [4.78, 5) is 19.1. The second-order valence-electron chi connectivity index (χ2n) is 26.3. The lowest BCUT2D eigenvalue weighted by Crippen LogP contribution is -2.46.